The van der Waals surface area contributed by atoms with Crippen molar-refractivity contribution in [2.24, 2.45) is 0 Å². The van der Waals surface area contributed by atoms with Crippen molar-refractivity contribution in [2.45, 2.75) is 60.7 Å². The van der Waals surface area contributed by atoms with Crippen LogP contribution in [0.1, 0.15) is 16.7 Å². The van der Waals surface area contributed by atoms with Crippen molar-refractivity contribution >= 4 is 9.24 Å². The van der Waals surface area contributed by atoms with Gasteiger partial charge in [0.2, 0.25) is 0 Å². The zero-order valence-electron chi connectivity index (χ0n) is 12.1. The van der Waals surface area contributed by atoms with E-state index in [1.807, 2.05) is 5.56 Å². The molecule has 6 unspecified atom stereocenters. The number of benzene rings is 1. The summed E-state index contributed by atoms with van der Waals surface area (Å²) in [6.07, 6.45) is 0. The molecule has 10 aliphatic rings. The van der Waals surface area contributed by atoms with Crippen molar-refractivity contribution in [1.29, 1.82) is 0 Å². The van der Waals surface area contributed by atoms with Crippen molar-refractivity contribution in [3.8, 4) is 0 Å². The van der Waals surface area contributed by atoms with Gasteiger partial charge in [-0.1, -0.05) is 0 Å². The molecular weight excluding hydrogens is 495 g/mol. The van der Waals surface area contributed by atoms with Gasteiger partial charge in [0.05, 0.1) is 0 Å². The second-order valence-electron chi connectivity index (χ2n) is 12.2. The predicted molar refractivity (Wildman–Crippen MR) is 80.0 cm³/mol. The number of rotatable bonds is 1. The Morgan fingerprint density at radius 3 is 1.67 bits per heavy atom. The van der Waals surface area contributed by atoms with E-state index < -0.39 is 6.51 Å². The first-order chi connectivity index (χ1) is 9.33. The maximum atomic E-state index is 3.62. The van der Waals surface area contributed by atoms with Crippen LogP contribution in [0.15, 0.2) is 18.2 Å². The first-order valence-corrected chi connectivity index (χ1v) is 15.2. The van der Waals surface area contributed by atoms with Crippen molar-refractivity contribution in [2.75, 3.05) is 0 Å². The van der Waals surface area contributed by atoms with Crippen LogP contribution in [0.25, 0.3) is 0 Å². The van der Waals surface area contributed by atoms with E-state index in [1.54, 1.807) is 0 Å². The summed E-state index contributed by atoms with van der Waals surface area (Å²) in [4.78, 5) is 11.2. The summed E-state index contributed by atoms with van der Waals surface area (Å²) in [6, 6.07) is 7.67. The third kappa shape index (κ3) is 0.122. The Morgan fingerprint density at radius 1 is 0.857 bits per heavy atom. The Bertz CT molecular complexity index is 1240. The summed E-state index contributed by atoms with van der Waals surface area (Å²) in [5.41, 5.74) is 4.95. The third-order valence-corrected chi connectivity index (χ3v) is 65.1. The number of fused-ring (bicyclic) bond motifs is 10. The second-order valence-corrected chi connectivity index (χ2v) is 36.9. The third-order valence-electron chi connectivity index (χ3n) is 16.6. The van der Waals surface area contributed by atoms with Gasteiger partial charge in [0.15, 0.2) is 0 Å². The van der Waals surface area contributed by atoms with Gasteiger partial charge in [-0.3, -0.25) is 0 Å². The van der Waals surface area contributed by atoms with Crippen LogP contribution in [0.2, 0.25) is 38.5 Å². The molecule has 3 heteroatoms. The fraction of sp³-hybridized carbons (Fsp3) is 0.667. The molecule has 0 nitrogen and oxygen atoms in total. The van der Waals surface area contributed by atoms with E-state index >= 15 is 0 Å². The van der Waals surface area contributed by atoms with Gasteiger partial charge >= 0.3 is 111 Å². The van der Waals surface area contributed by atoms with Crippen molar-refractivity contribution in [3.05, 3.63) is 34.9 Å². The summed E-state index contributed by atoms with van der Waals surface area (Å²) in [7, 11) is 3.62. The summed E-state index contributed by atoms with van der Waals surface area (Å²) in [6.45, 7) is 1.58. The predicted octanol–water partition coefficient (Wildman–Crippen LogP) is 4.88. The van der Waals surface area contributed by atoms with E-state index in [0.717, 1.165) is 8.37 Å². The quantitative estimate of drug-likeness (QED) is 0.371. The standard InChI is InChI=1S/C13H14P.C5H5.Fe.Ir/c1-9-6-10(2)8-11(7-9)12-4-3-5-13(12)14;1-2-4-5-3-1;;/h3-8H,14H2,1-2H3;1-5H;;. The van der Waals surface area contributed by atoms with Crippen molar-refractivity contribution < 1.29 is 26.6 Å². The monoisotopic (exact) mass is 515 g/mol. The molecule has 10 aliphatic heterocycles. The zero-order chi connectivity index (χ0) is 12.8. The van der Waals surface area contributed by atoms with Gasteiger partial charge in [0.25, 0.3) is 0 Å². The number of hydrogen-bond donors (Lipinski definition) is 0. The van der Waals surface area contributed by atoms with Gasteiger partial charge in [0, 0.05) is 20.1 Å². The van der Waals surface area contributed by atoms with Crippen molar-refractivity contribution in [1.82, 2.24) is 0 Å². The molecule has 10 heterocycles. The Hall–Kier alpha value is 0.819. The maximum absolute atomic E-state index is 3.62. The minimum absolute atomic E-state index is 0. The van der Waals surface area contributed by atoms with E-state index in [4.69, 9.17) is 0 Å². The van der Waals surface area contributed by atoms with Crippen LogP contribution in [0.5, 0.6) is 0 Å². The number of hydrogen-bond acceptors (Lipinski definition) is 0. The molecule has 10 saturated heterocycles. The van der Waals surface area contributed by atoms with Crippen LogP contribution in [0.4, 0.5) is 0 Å². The smallest absolute Gasteiger partial charge is 0 e. The number of aryl methyl sites for hydroxylation is 2. The Kier molecular flexibility index (Phi) is 0.440. The molecule has 1 spiro atoms. The average Bonchev–Trinajstić information content (AvgIpc) is 3.32. The minimum atomic E-state index is -3.08. The normalized spacial score (nSPS) is 102. The molecule has 1 aromatic rings. The molecule has 0 aliphatic carbocycles. The van der Waals surface area contributed by atoms with E-state index in [9.17, 15) is 0 Å². The molecule has 0 amide bonds. The average molecular weight is 514 g/mol. The molecule has 0 saturated carbocycles. The van der Waals surface area contributed by atoms with Crippen LogP contribution in [0.3, 0.4) is 0 Å². The van der Waals surface area contributed by atoms with Gasteiger partial charge in [-0.2, -0.15) is 0 Å². The van der Waals surface area contributed by atoms with E-state index in [-0.39, 0.29) is 20.1 Å². The summed E-state index contributed by atoms with van der Waals surface area (Å²) in [5, 5.41) is 0. The van der Waals surface area contributed by atoms with Gasteiger partial charge < -0.3 is 0 Å². The van der Waals surface area contributed by atoms with Crippen LogP contribution >= 0.6 is 9.24 Å². The van der Waals surface area contributed by atoms with Crippen LogP contribution in [-0.2, 0) is 30.9 Å². The van der Waals surface area contributed by atoms with Gasteiger partial charge in [-0.25, -0.2) is 0 Å². The molecule has 0 N–H and O–H groups in total. The summed E-state index contributed by atoms with van der Waals surface area (Å²) >= 11 is 0. The van der Waals surface area contributed by atoms with E-state index in [0.29, 0.717) is 0 Å². The molecule has 113 valence electrons. The fourth-order valence-corrected chi connectivity index (χ4v) is 103. The summed E-state index contributed by atoms with van der Waals surface area (Å²) in [5.74, 6) is 0. The molecule has 21 heavy (non-hydrogen) atoms. The van der Waals surface area contributed by atoms with Gasteiger partial charge in [-0.15, -0.1) is 0 Å². The Morgan fingerprint density at radius 2 is 1.38 bits per heavy atom. The SMILES string of the molecule is Cc1cc(C)cc([C]23[CH]4[CH]5[CH]6[C]2(P)[Fe]56432789[CH]3[CH]2[CH]7[CH]8[CH]39)c1.[Ir]. The van der Waals surface area contributed by atoms with Gasteiger partial charge in [-0.05, 0) is 0 Å². The summed E-state index contributed by atoms with van der Waals surface area (Å²) < 4.78 is 1.76. The fourth-order valence-electron chi connectivity index (χ4n) is 18.7. The second kappa shape index (κ2) is 0.929. The molecular formula is C18H19FeIrP. The largest absolute Gasteiger partial charge is 0 e. The topological polar surface area (TPSA) is 0 Å². The van der Waals surface area contributed by atoms with E-state index in [2.05, 4.69) is 41.3 Å². The zero-order valence-corrected chi connectivity index (χ0v) is 16.8. The van der Waals surface area contributed by atoms with Gasteiger partial charge in [0.1, 0.15) is 0 Å². The van der Waals surface area contributed by atoms with E-state index in [1.165, 1.54) is 49.7 Å². The van der Waals surface area contributed by atoms with Crippen LogP contribution in [-0.4, -0.2) is 4.05 Å². The Labute approximate surface area is 131 Å². The first kappa shape index (κ1) is 9.96. The molecule has 6 atom stereocenters. The first-order valence-electron chi connectivity index (χ1n) is 8.42. The molecule has 1 radical (unpaired) electrons. The van der Waals surface area contributed by atoms with Crippen molar-refractivity contribution in [3.63, 3.8) is 0 Å². The minimum Gasteiger partial charge on any atom is 0 e. The molecule has 1 aromatic carbocycles. The maximum Gasteiger partial charge on any atom is 0 e. The van der Waals surface area contributed by atoms with Crippen LogP contribution < -0.4 is 0 Å². The molecule has 10 fully saturated rings. The molecule has 0 aromatic heterocycles. The molecule has 11 rings (SSSR count). The van der Waals surface area contributed by atoms with Crippen LogP contribution in [0, 0.1) is 13.8 Å². The Balaban J connectivity index is 0.000000818. The molecule has 0 bridgehead atoms.